The van der Waals surface area contributed by atoms with Crippen molar-refractivity contribution in [1.82, 2.24) is 4.98 Å². The van der Waals surface area contributed by atoms with Crippen molar-refractivity contribution in [3.05, 3.63) is 90.0 Å². The number of aromatic amines is 1. The number of H-pyrrole nitrogens is 1. The van der Waals surface area contributed by atoms with Crippen molar-refractivity contribution in [2.45, 2.75) is 167 Å². The van der Waals surface area contributed by atoms with Gasteiger partial charge < -0.3 is 0 Å². The lowest BCUT2D eigenvalue weighted by molar-refractivity contribution is -0.705. The highest BCUT2D eigenvalue weighted by molar-refractivity contribution is 5.32. The summed E-state index contributed by atoms with van der Waals surface area (Å²) >= 11 is 0. The Kier molecular flexibility index (Phi) is 17.5. The molecule has 1 aromatic heterocycles. The lowest BCUT2D eigenvalue weighted by atomic mass is 9.66. The first-order valence-electron chi connectivity index (χ1n) is 18.3. The van der Waals surface area contributed by atoms with Crippen LogP contribution in [0, 0.1) is 0 Å². The first-order chi connectivity index (χ1) is 21.2. The van der Waals surface area contributed by atoms with Crippen LogP contribution in [0.2, 0.25) is 0 Å². The highest BCUT2D eigenvalue weighted by atomic mass is 15.1. The van der Waals surface area contributed by atoms with E-state index in [2.05, 4.69) is 103 Å². The van der Waals surface area contributed by atoms with Crippen LogP contribution < -0.4 is 4.57 Å². The van der Waals surface area contributed by atoms with E-state index < -0.39 is 0 Å². The van der Waals surface area contributed by atoms with Crippen LogP contribution in [-0.4, -0.2) is 4.98 Å². The summed E-state index contributed by atoms with van der Waals surface area (Å²) in [5.41, 5.74) is 2.90. The summed E-state index contributed by atoms with van der Waals surface area (Å²) in [6.07, 6.45) is 31.7. The number of hydrogen-bond donors (Lipinski definition) is 1. The van der Waals surface area contributed by atoms with E-state index in [1.165, 1.54) is 139 Å². The third kappa shape index (κ3) is 12.7. The fraction of sp³-hybridized carbons (Fsp3) is 0.634. The number of imidazole rings is 1. The Bertz CT molecular complexity index is 1060. The first-order valence-corrected chi connectivity index (χ1v) is 18.3. The molecule has 0 aliphatic heterocycles. The molecule has 0 saturated carbocycles. The van der Waals surface area contributed by atoms with Crippen molar-refractivity contribution in [2.24, 2.45) is 0 Å². The topological polar surface area (TPSA) is 19.7 Å². The molecule has 0 bridgehead atoms. The van der Waals surface area contributed by atoms with Gasteiger partial charge in [-0.1, -0.05) is 184 Å². The molecule has 3 rings (SSSR count). The standard InChI is InChI=1S/C41H64N2/c1-4-6-8-10-11-12-13-14-15-16-17-19-27-34-43-35-33-42-40(43)39(32-26-18-9-7-5-2)41(3,38-30-24-21-25-31-38)36-37-28-22-20-23-29-37/h20-25,28-31,33,35,39H,4-19,26-27,32,34,36H2,1-3H3/p+1. The summed E-state index contributed by atoms with van der Waals surface area (Å²) in [6.45, 7) is 8.27. The number of nitrogens with one attached hydrogen (secondary N) is 1. The smallest absolute Gasteiger partial charge is 0.247 e. The molecule has 0 radical (unpaired) electrons. The number of aromatic nitrogens is 2. The number of rotatable bonds is 25. The Hall–Kier alpha value is -2.35. The van der Waals surface area contributed by atoms with Gasteiger partial charge in [-0.05, 0) is 36.8 Å². The lowest BCUT2D eigenvalue weighted by Gasteiger charge is -2.37. The predicted octanol–water partition coefficient (Wildman–Crippen LogP) is 12.0. The Morgan fingerprint density at radius 3 is 1.65 bits per heavy atom. The summed E-state index contributed by atoms with van der Waals surface area (Å²) < 4.78 is 2.57. The minimum Gasteiger partial charge on any atom is -0.247 e. The van der Waals surface area contributed by atoms with Gasteiger partial charge in [0.05, 0.1) is 12.5 Å². The molecule has 1 N–H and O–H groups in total. The third-order valence-corrected chi connectivity index (χ3v) is 9.84. The number of hydrogen-bond acceptors (Lipinski definition) is 0. The molecule has 0 aliphatic carbocycles. The molecule has 2 unspecified atom stereocenters. The number of unbranched alkanes of at least 4 members (excludes halogenated alkanes) is 16. The van der Waals surface area contributed by atoms with E-state index in [0.29, 0.717) is 5.92 Å². The zero-order chi connectivity index (χ0) is 30.4. The van der Waals surface area contributed by atoms with Crippen LogP contribution in [0.15, 0.2) is 73.1 Å². The van der Waals surface area contributed by atoms with Crippen LogP contribution in [0.25, 0.3) is 0 Å². The van der Waals surface area contributed by atoms with Gasteiger partial charge in [-0.2, -0.15) is 0 Å². The molecule has 0 aliphatic rings. The minimum absolute atomic E-state index is 0.00989. The maximum Gasteiger partial charge on any atom is 0.258 e. The van der Waals surface area contributed by atoms with E-state index >= 15 is 0 Å². The van der Waals surface area contributed by atoms with E-state index in [4.69, 9.17) is 0 Å². The van der Waals surface area contributed by atoms with E-state index in [-0.39, 0.29) is 5.41 Å². The first kappa shape index (κ1) is 35.1. The van der Waals surface area contributed by atoms with E-state index in [1.807, 2.05) is 0 Å². The van der Waals surface area contributed by atoms with Crippen LogP contribution in [0.4, 0.5) is 0 Å². The largest absolute Gasteiger partial charge is 0.258 e. The van der Waals surface area contributed by atoms with Crippen LogP contribution in [0.3, 0.4) is 0 Å². The minimum atomic E-state index is 0.00989. The molecule has 0 spiro atoms. The van der Waals surface area contributed by atoms with Crippen LogP contribution in [0.1, 0.15) is 166 Å². The number of benzene rings is 2. The summed E-state index contributed by atoms with van der Waals surface area (Å²) in [5, 5.41) is 0. The molecule has 2 nitrogen and oxygen atoms in total. The van der Waals surface area contributed by atoms with Crippen LogP contribution in [-0.2, 0) is 18.4 Å². The summed E-state index contributed by atoms with van der Waals surface area (Å²) in [6, 6.07) is 22.5. The van der Waals surface area contributed by atoms with Gasteiger partial charge >= 0.3 is 0 Å². The average Bonchev–Trinajstić information content (AvgIpc) is 3.50. The Morgan fingerprint density at radius 2 is 1.09 bits per heavy atom. The molecule has 3 aromatic rings. The molecule has 0 saturated heterocycles. The van der Waals surface area contributed by atoms with Gasteiger partial charge in [0, 0.05) is 5.41 Å². The fourth-order valence-corrected chi connectivity index (χ4v) is 7.15. The Labute approximate surface area is 266 Å². The highest BCUT2D eigenvalue weighted by Crippen LogP contribution is 2.43. The van der Waals surface area contributed by atoms with E-state index in [9.17, 15) is 0 Å². The molecular weight excluding hydrogens is 520 g/mol. The summed E-state index contributed by atoms with van der Waals surface area (Å²) in [5.74, 6) is 1.87. The Balaban J connectivity index is 1.61. The molecule has 0 amide bonds. The lowest BCUT2D eigenvalue weighted by Crippen LogP contribution is -2.43. The average molecular weight is 586 g/mol. The second-order valence-corrected chi connectivity index (χ2v) is 13.5. The number of nitrogens with zero attached hydrogens (tertiary/aromatic N) is 1. The van der Waals surface area contributed by atoms with Gasteiger partial charge in [0.15, 0.2) is 0 Å². The third-order valence-electron chi connectivity index (χ3n) is 9.84. The normalized spacial score (nSPS) is 13.7. The molecule has 2 heteroatoms. The zero-order valence-electron chi connectivity index (χ0n) is 28.3. The van der Waals surface area contributed by atoms with Crippen molar-refractivity contribution in [3.8, 4) is 0 Å². The maximum absolute atomic E-state index is 3.78. The van der Waals surface area contributed by atoms with Crippen LogP contribution >= 0.6 is 0 Å². The van der Waals surface area contributed by atoms with E-state index in [1.54, 1.807) is 0 Å². The summed E-state index contributed by atoms with van der Waals surface area (Å²) in [4.78, 5) is 3.78. The second kappa shape index (κ2) is 21.4. The monoisotopic (exact) mass is 586 g/mol. The molecule has 2 atom stereocenters. The van der Waals surface area contributed by atoms with Gasteiger partial charge in [-0.15, -0.1) is 0 Å². The van der Waals surface area contributed by atoms with Crippen molar-refractivity contribution >= 4 is 0 Å². The zero-order valence-corrected chi connectivity index (χ0v) is 28.3. The molecular formula is C41H65N2+. The highest BCUT2D eigenvalue weighted by Gasteiger charge is 2.41. The van der Waals surface area contributed by atoms with Crippen molar-refractivity contribution < 1.29 is 4.57 Å². The fourth-order valence-electron chi connectivity index (χ4n) is 7.15. The molecule has 0 fully saturated rings. The molecule has 43 heavy (non-hydrogen) atoms. The Morgan fingerprint density at radius 1 is 0.605 bits per heavy atom. The van der Waals surface area contributed by atoms with Crippen molar-refractivity contribution in [3.63, 3.8) is 0 Å². The van der Waals surface area contributed by atoms with Crippen molar-refractivity contribution in [2.75, 3.05) is 0 Å². The molecule has 2 aromatic carbocycles. The SMILES string of the molecule is CCCCCCCCCCCCCCC[n+]1cc[nH]c1C(CCCCCCC)C(C)(Cc1ccccc1)c1ccccc1. The van der Waals surface area contributed by atoms with Gasteiger partial charge in [-0.25, -0.2) is 9.55 Å². The van der Waals surface area contributed by atoms with Gasteiger partial charge in [0.25, 0.3) is 5.82 Å². The van der Waals surface area contributed by atoms with Gasteiger partial charge in [0.2, 0.25) is 0 Å². The predicted molar refractivity (Wildman–Crippen MR) is 187 cm³/mol. The number of aryl methyl sites for hydroxylation is 1. The van der Waals surface area contributed by atoms with Gasteiger partial charge in [-0.3, -0.25) is 0 Å². The quantitative estimate of drug-likeness (QED) is 0.0753. The van der Waals surface area contributed by atoms with Crippen molar-refractivity contribution in [1.29, 1.82) is 0 Å². The van der Waals surface area contributed by atoms with Crippen LogP contribution in [0.5, 0.6) is 0 Å². The van der Waals surface area contributed by atoms with Gasteiger partial charge in [0.1, 0.15) is 12.4 Å². The summed E-state index contributed by atoms with van der Waals surface area (Å²) in [7, 11) is 0. The molecule has 1 heterocycles. The maximum atomic E-state index is 3.78. The molecule has 238 valence electrons. The second-order valence-electron chi connectivity index (χ2n) is 13.5. The van der Waals surface area contributed by atoms with E-state index in [0.717, 1.165) is 13.0 Å².